The largest absolute Gasteiger partial charge is 0.478 e. The minimum Gasteiger partial charge on any atom is -0.478 e. The molecule has 20 heavy (non-hydrogen) atoms. The first kappa shape index (κ1) is 12.5. The van der Waals surface area contributed by atoms with Gasteiger partial charge in [-0.15, -0.1) is 5.10 Å². The average Bonchev–Trinajstić information content (AvgIpc) is 2.90. The van der Waals surface area contributed by atoms with Gasteiger partial charge in [0.15, 0.2) is 5.65 Å². The normalized spacial score (nSPS) is 10.8. The number of carboxylic acids is 1. The summed E-state index contributed by atoms with van der Waals surface area (Å²) in [6, 6.07) is 3.57. The predicted molar refractivity (Wildman–Crippen MR) is 66.1 cm³/mol. The molecule has 0 saturated heterocycles. The Morgan fingerprint density at radius 3 is 3.00 bits per heavy atom. The number of nitrogens with zero attached hydrogens (tertiary/aromatic N) is 5. The SMILES string of the molecule is O=C(O)c1ccc(F)c(Sc2cncc3nnnn23)c1. The lowest BCUT2D eigenvalue weighted by molar-refractivity contribution is 0.0696. The minimum atomic E-state index is -1.12. The Bertz CT molecular complexity index is 806. The summed E-state index contributed by atoms with van der Waals surface area (Å²) in [6.07, 6.45) is 2.94. The first-order valence-corrected chi connectivity index (χ1v) is 6.19. The molecule has 0 aliphatic carbocycles. The highest BCUT2D eigenvalue weighted by Gasteiger charge is 2.12. The number of tetrazole rings is 1. The maximum atomic E-state index is 13.7. The molecule has 0 atom stereocenters. The third-order valence-electron chi connectivity index (χ3n) is 2.47. The van der Waals surface area contributed by atoms with Crippen molar-refractivity contribution < 1.29 is 14.3 Å². The molecule has 1 aromatic carbocycles. The van der Waals surface area contributed by atoms with Crippen molar-refractivity contribution in [2.75, 3.05) is 0 Å². The number of benzene rings is 1. The van der Waals surface area contributed by atoms with Crippen LogP contribution in [0.15, 0.2) is 40.5 Å². The zero-order valence-electron chi connectivity index (χ0n) is 9.76. The zero-order valence-corrected chi connectivity index (χ0v) is 10.6. The molecule has 3 aromatic rings. The third-order valence-corrected chi connectivity index (χ3v) is 3.49. The Labute approximate surface area is 115 Å². The fourth-order valence-corrected chi connectivity index (χ4v) is 2.46. The van der Waals surface area contributed by atoms with Crippen LogP contribution in [0.2, 0.25) is 0 Å². The predicted octanol–water partition coefficient (Wildman–Crippen LogP) is 1.51. The number of hydrogen-bond acceptors (Lipinski definition) is 6. The molecule has 0 aliphatic heterocycles. The van der Waals surface area contributed by atoms with Gasteiger partial charge in [-0.2, -0.15) is 4.52 Å². The molecule has 3 rings (SSSR count). The summed E-state index contributed by atoms with van der Waals surface area (Å²) in [7, 11) is 0. The van der Waals surface area contributed by atoms with Crippen LogP contribution < -0.4 is 0 Å². The van der Waals surface area contributed by atoms with Gasteiger partial charge in [-0.25, -0.2) is 9.18 Å². The standard InChI is InChI=1S/C11H6FN5O2S/c12-7-2-1-6(11(18)19)3-8(7)20-10-5-13-4-9-14-15-16-17(9)10/h1-5H,(H,18,19). The molecule has 7 nitrogen and oxygen atoms in total. The third kappa shape index (κ3) is 2.18. The maximum Gasteiger partial charge on any atom is 0.335 e. The first-order chi connectivity index (χ1) is 9.65. The molecule has 0 radical (unpaired) electrons. The van der Waals surface area contributed by atoms with Crippen molar-refractivity contribution in [1.29, 1.82) is 0 Å². The van der Waals surface area contributed by atoms with Crippen LogP contribution in [0.4, 0.5) is 4.39 Å². The molecule has 9 heteroatoms. The molecule has 0 bridgehead atoms. The molecule has 2 aromatic heterocycles. The van der Waals surface area contributed by atoms with Gasteiger partial charge < -0.3 is 5.11 Å². The highest BCUT2D eigenvalue weighted by molar-refractivity contribution is 7.99. The van der Waals surface area contributed by atoms with E-state index in [1.54, 1.807) is 0 Å². The van der Waals surface area contributed by atoms with Gasteiger partial charge in [-0.3, -0.25) is 4.98 Å². The van der Waals surface area contributed by atoms with Crippen LogP contribution in [0.1, 0.15) is 10.4 Å². The van der Waals surface area contributed by atoms with E-state index in [9.17, 15) is 9.18 Å². The van der Waals surface area contributed by atoms with E-state index in [0.29, 0.717) is 10.7 Å². The van der Waals surface area contributed by atoms with E-state index in [-0.39, 0.29) is 10.5 Å². The van der Waals surface area contributed by atoms with Crippen LogP contribution in [-0.4, -0.2) is 36.1 Å². The van der Waals surface area contributed by atoms with Gasteiger partial charge in [0.1, 0.15) is 10.8 Å². The molecule has 0 fully saturated rings. The molecule has 1 N–H and O–H groups in total. The van der Waals surface area contributed by atoms with Crippen molar-refractivity contribution in [3.05, 3.63) is 42.0 Å². The summed E-state index contributed by atoms with van der Waals surface area (Å²) < 4.78 is 15.1. The van der Waals surface area contributed by atoms with Crippen LogP contribution >= 0.6 is 11.8 Å². The Kier molecular flexibility index (Phi) is 3.03. The number of aromatic carboxylic acids is 1. The highest BCUT2D eigenvalue weighted by Crippen LogP contribution is 2.29. The lowest BCUT2D eigenvalue weighted by atomic mass is 10.2. The lowest BCUT2D eigenvalue weighted by Crippen LogP contribution is -1.98. The van der Waals surface area contributed by atoms with Gasteiger partial charge in [0.25, 0.3) is 0 Å². The van der Waals surface area contributed by atoms with Crippen molar-refractivity contribution in [3.8, 4) is 0 Å². The Balaban J connectivity index is 2.04. The molecule has 0 amide bonds. The smallest absolute Gasteiger partial charge is 0.335 e. The number of halogens is 1. The van der Waals surface area contributed by atoms with Gasteiger partial charge >= 0.3 is 5.97 Å². The van der Waals surface area contributed by atoms with E-state index in [4.69, 9.17) is 5.11 Å². The molecular formula is C11H6FN5O2S. The fourth-order valence-electron chi connectivity index (χ4n) is 1.55. The quantitative estimate of drug-likeness (QED) is 0.781. The van der Waals surface area contributed by atoms with Gasteiger partial charge in [0, 0.05) is 0 Å². The fraction of sp³-hybridized carbons (Fsp3) is 0. The zero-order chi connectivity index (χ0) is 14.1. The van der Waals surface area contributed by atoms with E-state index < -0.39 is 11.8 Å². The topological polar surface area (TPSA) is 93.3 Å². The minimum absolute atomic E-state index is 0.00532. The van der Waals surface area contributed by atoms with Crippen molar-refractivity contribution >= 4 is 23.4 Å². The van der Waals surface area contributed by atoms with Gasteiger partial charge in [0.2, 0.25) is 0 Å². The van der Waals surface area contributed by atoms with Crippen molar-refractivity contribution in [2.24, 2.45) is 0 Å². The van der Waals surface area contributed by atoms with Crippen LogP contribution in [0.25, 0.3) is 5.65 Å². The number of carboxylic acid groups (broad SMARTS) is 1. The first-order valence-electron chi connectivity index (χ1n) is 5.38. The number of rotatable bonds is 3. The maximum absolute atomic E-state index is 13.7. The Hall–Kier alpha value is -2.55. The van der Waals surface area contributed by atoms with E-state index in [2.05, 4.69) is 20.5 Å². The molecule has 2 heterocycles. The highest BCUT2D eigenvalue weighted by atomic mass is 32.2. The van der Waals surface area contributed by atoms with E-state index in [0.717, 1.165) is 17.8 Å². The van der Waals surface area contributed by atoms with Crippen molar-refractivity contribution in [2.45, 2.75) is 9.92 Å². The summed E-state index contributed by atoms with van der Waals surface area (Å²) in [5.41, 5.74) is 0.426. The summed E-state index contributed by atoms with van der Waals surface area (Å²) >= 11 is 1.000. The molecule has 0 unspecified atom stereocenters. The number of aromatic nitrogens is 5. The molecule has 100 valence electrons. The van der Waals surface area contributed by atoms with Gasteiger partial charge in [-0.05, 0) is 28.6 Å². The number of fused-ring (bicyclic) bond motifs is 1. The lowest BCUT2D eigenvalue weighted by Gasteiger charge is -2.05. The Morgan fingerprint density at radius 2 is 2.20 bits per heavy atom. The second-order valence-electron chi connectivity index (χ2n) is 3.75. The van der Waals surface area contributed by atoms with Crippen LogP contribution in [0.5, 0.6) is 0 Å². The second-order valence-corrected chi connectivity index (χ2v) is 4.81. The van der Waals surface area contributed by atoms with Crippen molar-refractivity contribution in [1.82, 2.24) is 25.0 Å². The van der Waals surface area contributed by atoms with E-state index >= 15 is 0 Å². The monoisotopic (exact) mass is 291 g/mol. The summed E-state index contributed by atoms with van der Waals surface area (Å²) in [6.45, 7) is 0. The van der Waals surface area contributed by atoms with Crippen LogP contribution in [0.3, 0.4) is 0 Å². The van der Waals surface area contributed by atoms with E-state index in [1.165, 1.54) is 29.0 Å². The number of carbonyl (C=O) groups is 1. The summed E-state index contributed by atoms with van der Waals surface area (Å²) in [4.78, 5) is 15.0. The Morgan fingerprint density at radius 1 is 1.35 bits per heavy atom. The molecule has 0 spiro atoms. The van der Waals surface area contributed by atoms with Gasteiger partial charge in [0.05, 0.1) is 22.9 Å². The van der Waals surface area contributed by atoms with Crippen LogP contribution in [-0.2, 0) is 0 Å². The summed E-state index contributed by atoms with van der Waals surface area (Å²) in [5.74, 6) is -1.64. The van der Waals surface area contributed by atoms with Gasteiger partial charge in [-0.1, -0.05) is 11.8 Å². The van der Waals surface area contributed by atoms with Crippen LogP contribution in [0, 0.1) is 5.82 Å². The molecule has 0 aliphatic rings. The summed E-state index contributed by atoms with van der Waals surface area (Å²) in [5, 5.41) is 20.4. The molecule has 0 saturated carbocycles. The molecular weight excluding hydrogens is 285 g/mol. The second kappa shape index (κ2) is 4.85. The van der Waals surface area contributed by atoms with E-state index in [1.807, 2.05) is 0 Å². The number of hydrogen-bond donors (Lipinski definition) is 1. The van der Waals surface area contributed by atoms with Crippen molar-refractivity contribution in [3.63, 3.8) is 0 Å². The average molecular weight is 291 g/mol.